The van der Waals surface area contributed by atoms with E-state index in [1.807, 2.05) is 6.07 Å². The summed E-state index contributed by atoms with van der Waals surface area (Å²) in [4.78, 5) is 8.94. The quantitative estimate of drug-likeness (QED) is 0.487. The van der Waals surface area contributed by atoms with Crippen molar-refractivity contribution in [3.63, 3.8) is 0 Å². The molecule has 154 valence electrons. The second kappa shape index (κ2) is 7.81. The van der Waals surface area contributed by atoms with Crippen molar-refractivity contribution >= 4 is 0 Å². The molecule has 0 saturated heterocycles. The van der Waals surface area contributed by atoms with Crippen LogP contribution in [0.25, 0.3) is 11.4 Å². The number of aryl methyl sites for hydroxylation is 1. The Balaban J connectivity index is 1.91. The molecule has 2 unspecified atom stereocenters. The maximum atomic E-state index is 11.5. The monoisotopic (exact) mass is 392 g/mol. The summed E-state index contributed by atoms with van der Waals surface area (Å²) in [5, 5.41) is 11.5. The zero-order valence-corrected chi connectivity index (χ0v) is 18.0. The van der Waals surface area contributed by atoms with Crippen LogP contribution in [0.2, 0.25) is 0 Å². The molecular formula is C25H32N2O2. The molecule has 1 aliphatic heterocycles. The molecule has 2 heterocycles. The van der Waals surface area contributed by atoms with Crippen LogP contribution < -0.4 is 4.74 Å². The van der Waals surface area contributed by atoms with E-state index in [1.54, 1.807) is 12.4 Å². The van der Waals surface area contributed by atoms with E-state index in [9.17, 15) is 5.11 Å². The maximum Gasteiger partial charge on any atom is 0.163 e. The number of ether oxygens (including phenoxy) is 1. The number of hydrogen-bond donors (Lipinski definition) is 1. The van der Waals surface area contributed by atoms with Crippen LogP contribution in [0, 0.1) is 5.92 Å². The van der Waals surface area contributed by atoms with Crippen LogP contribution in [0.4, 0.5) is 0 Å². The molecule has 0 spiro atoms. The molecule has 1 aromatic heterocycles. The standard InChI is InChI=1S/C25H32N2O2/c1-5-6-7-9-17-15-20-22(23(28)21(17)24-26-12-8-13-27-24)18-14-16(2)10-11-19(18)25(3,4)29-20/h8,12-15,18-19,28H,5-7,9-11H2,1-4H3. The fourth-order valence-electron chi connectivity index (χ4n) is 5.05. The van der Waals surface area contributed by atoms with E-state index in [0.717, 1.165) is 61.0 Å². The van der Waals surface area contributed by atoms with Crippen molar-refractivity contribution in [2.75, 3.05) is 0 Å². The molecule has 4 heteroatoms. The summed E-state index contributed by atoms with van der Waals surface area (Å²) in [7, 11) is 0. The lowest BCUT2D eigenvalue weighted by Gasteiger charge is -2.46. The molecule has 1 N–H and O–H groups in total. The Labute approximate surface area is 174 Å². The van der Waals surface area contributed by atoms with Gasteiger partial charge in [-0.2, -0.15) is 0 Å². The fourth-order valence-corrected chi connectivity index (χ4v) is 5.05. The lowest BCUT2D eigenvalue weighted by atomic mass is 9.67. The molecule has 0 saturated carbocycles. The first-order chi connectivity index (χ1) is 13.9. The number of fused-ring (bicyclic) bond motifs is 3. The molecule has 4 rings (SSSR count). The van der Waals surface area contributed by atoms with Gasteiger partial charge in [-0.3, -0.25) is 0 Å². The molecule has 1 aliphatic carbocycles. The first kappa shape index (κ1) is 19.9. The summed E-state index contributed by atoms with van der Waals surface area (Å²) in [6.45, 7) is 8.76. The Morgan fingerprint density at radius 1 is 1.21 bits per heavy atom. The van der Waals surface area contributed by atoms with Gasteiger partial charge in [-0.15, -0.1) is 0 Å². The molecule has 29 heavy (non-hydrogen) atoms. The highest BCUT2D eigenvalue weighted by molar-refractivity contribution is 5.74. The number of aromatic hydroxyl groups is 1. The van der Waals surface area contributed by atoms with Crippen molar-refractivity contribution in [1.82, 2.24) is 9.97 Å². The third-order valence-corrected chi connectivity index (χ3v) is 6.57. The van der Waals surface area contributed by atoms with Gasteiger partial charge in [-0.25, -0.2) is 9.97 Å². The zero-order chi connectivity index (χ0) is 20.6. The second-order valence-corrected chi connectivity index (χ2v) is 9.09. The van der Waals surface area contributed by atoms with Crippen molar-refractivity contribution in [3.8, 4) is 22.9 Å². The van der Waals surface area contributed by atoms with E-state index in [4.69, 9.17) is 4.74 Å². The van der Waals surface area contributed by atoms with Gasteiger partial charge in [-0.1, -0.05) is 31.4 Å². The molecule has 1 aromatic carbocycles. The first-order valence-electron chi connectivity index (χ1n) is 10.9. The summed E-state index contributed by atoms with van der Waals surface area (Å²) in [5.41, 5.74) is 3.90. The predicted octanol–water partition coefficient (Wildman–Crippen LogP) is 6.19. The van der Waals surface area contributed by atoms with Crippen LogP contribution in [0.15, 0.2) is 36.2 Å². The molecule has 0 radical (unpaired) electrons. The summed E-state index contributed by atoms with van der Waals surface area (Å²) in [6.07, 6.45) is 12.3. The van der Waals surface area contributed by atoms with Crippen LogP contribution in [0.5, 0.6) is 11.5 Å². The van der Waals surface area contributed by atoms with Crippen LogP contribution in [0.1, 0.15) is 76.8 Å². The van der Waals surface area contributed by atoms with Gasteiger partial charge in [0.25, 0.3) is 0 Å². The number of unbranched alkanes of at least 4 members (excludes halogenated alkanes) is 2. The fraction of sp³-hybridized carbons (Fsp3) is 0.520. The van der Waals surface area contributed by atoms with Crippen molar-refractivity contribution < 1.29 is 9.84 Å². The lowest BCUT2D eigenvalue weighted by Crippen LogP contribution is -2.45. The van der Waals surface area contributed by atoms with E-state index >= 15 is 0 Å². The molecule has 2 aliphatic rings. The summed E-state index contributed by atoms with van der Waals surface area (Å²) >= 11 is 0. The first-order valence-corrected chi connectivity index (χ1v) is 10.9. The van der Waals surface area contributed by atoms with Gasteiger partial charge in [0, 0.05) is 29.8 Å². The van der Waals surface area contributed by atoms with Gasteiger partial charge in [0.2, 0.25) is 0 Å². The highest BCUT2D eigenvalue weighted by Gasteiger charge is 2.46. The second-order valence-electron chi connectivity index (χ2n) is 9.09. The SMILES string of the molecule is CCCCCc1cc2c(c(O)c1-c1ncccn1)C1C=C(C)CCC1C(C)(C)O2. The highest BCUT2D eigenvalue weighted by atomic mass is 16.5. The van der Waals surface area contributed by atoms with Gasteiger partial charge in [0.05, 0.1) is 5.56 Å². The number of rotatable bonds is 5. The third kappa shape index (κ3) is 3.65. The van der Waals surface area contributed by atoms with E-state index in [2.05, 4.69) is 49.8 Å². The van der Waals surface area contributed by atoms with Crippen LogP contribution in [0.3, 0.4) is 0 Å². The van der Waals surface area contributed by atoms with Crippen LogP contribution in [-0.2, 0) is 6.42 Å². The molecule has 4 nitrogen and oxygen atoms in total. The Morgan fingerprint density at radius 2 is 1.97 bits per heavy atom. The van der Waals surface area contributed by atoms with Crippen LogP contribution in [-0.4, -0.2) is 20.7 Å². The van der Waals surface area contributed by atoms with E-state index in [0.29, 0.717) is 17.5 Å². The highest BCUT2D eigenvalue weighted by Crippen LogP contribution is 2.55. The largest absolute Gasteiger partial charge is 0.507 e. The minimum absolute atomic E-state index is 0.162. The molecule has 0 fully saturated rings. The molecule has 2 atom stereocenters. The predicted molar refractivity (Wildman–Crippen MR) is 116 cm³/mol. The number of allylic oxidation sites excluding steroid dienone is 2. The van der Waals surface area contributed by atoms with Crippen molar-refractivity contribution in [1.29, 1.82) is 0 Å². The van der Waals surface area contributed by atoms with Crippen molar-refractivity contribution in [2.45, 2.75) is 77.7 Å². The topological polar surface area (TPSA) is 55.2 Å². The van der Waals surface area contributed by atoms with Gasteiger partial charge >= 0.3 is 0 Å². The molecule has 0 bridgehead atoms. The molecule has 0 amide bonds. The normalized spacial score (nSPS) is 22.3. The summed E-state index contributed by atoms with van der Waals surface area (Å²) in [5.74, 6) is 2.23. The molecular weight excluding hydrogens is 360 g/mol. The third-order valence-electron chi connectivity index (χ3n) is 6.57. The zero-order valence-electron chi connectivity index (χ0n) is 18.0. The van der Waals surface area contributed by atoms with Crippen molar-refractivity contribution in [2.24, 2.45) is 5.92 Å². The average Bonchev–Trinajstić information content (AvgIpc) is 2.68. The minimum Gasteiger partial charge on any atom is -0.507 e. The number of phenols is 1. The Morgan fingerprint density at radius 3 is 2.69 bits per heavy atom. The summed E-state index contributed by atoms with van der Waals surface area (Å²) in [6, 6.07) is 3.96. The minimum atomic E-state index is -0.257. The van der Waals surface area contributed by atoms with Gasteiger partial charge < -0.3 is 9.84 Å². The van der Waals surface area contributed by atoms with Crippen LogP contribution >= 0.6 is 0 Å². The van der Waals surface area contributed by atoms with Crippen molar-refractivity contribution in [3.05, 3.63) is 47.3 Å². The van der Waals surface area contributed by atoms with Gasteiger partial charge in [0.15, 0.2) is 5.82 Å². The Hall–Kier alpha value is -2.36. The maximum absolute atomic E-state index is 11.5. The van der Waals surface area contributed by atoms with Gasteiger partial charge in [-0.05, 0) is 64.2 Å². The van der Waals surface area contributed by atoms with E-state index < -0.39 is 0 Å². The number of phenolic OH excluding ortho intramolecular Hbond substituents is 1. The lowest BCUT2D eigenvalue weighted by molar-refractivity contribution is 0.0108. The smallest absolute Gasteiger partial charge is 0.163 e. The van der Waals surface area contributed by atoms with Gasteiger partial charge in [0.1, 0.15) is 17.1 Å². The van der Waals surface area contributed by atoms with E-state index in [-0.39, 0.29) is 11.5 Å². The number of nitrogens with zero attached hydrogens (tertiary/aromatic N) is 2. The number of aromatic nitrogens is 2. The molecule has 2 aromatic rings. The van der Waals surface area contributed by atoms with E-state index in [1.165, 1.54) is 5.57 Å². The number of benzene rings is 1. The summed E-state index contributed by atoms with van der Waals surface area (Å²) < 4.78 is 6.51. The number of hydrogen-bond acceptors (Lipinski definition) is 4. The Bertz CT molecular complexity index is 918. The average molecular weight is 393 g/mol. The Kier molecular flexibility index (Phi) is 5.37.